The van der Waals surface area contributed by atoms with Crippen molar-refractivity contribution in [2.75, 3.05) is 11.5 Å². The van der Waals surface area contributed by atoms with E-state index in [0.717, 1.165) is 17.9 Å². The topological polar surface area (TPSA) is 66.4 Å². The van der Waals surface area contributed by atoms with Gasteiger partial charge in [0.2, 0.25) is 5.91 Å². The first-order chi connectivity index (χ1) is 8.06. The molecule has 1 unspecified atom stereocenters. The quantitative estimate of drug-likeness (QED) is 0.762. The minimum Gasteiger partial charge on any atom is -0.481 e. The van der Waals surface area contributed by atoms with Crippen LogP contribution >= 0.6 is 11.8 Å². The van der Waals surface area contributed by atoms with Gasteiger partial charge in [0.05, 0.1) is 11.8 Å². The second kappa shape index (κ2) is 6.89. The van der Waals surface area contributed by atoms with Crippen LogP contribution in [-0.4, -0.2) is 34.5 Å². The van der Waals surface area contributed by atoms with Crippen LogP contribution in [0.5, 0.6) is 0 Å². The van der Waals surface area contributed by atoms with Gasteiger partial charge in [0.25, 0.3) is 0 Å². The molecule has 0 saturated heterocycles. The number of amides is 1. The second-order valence-corrected chi connectivity index (χ2v) is 5.87. The largest absolute Gasteiger partial charge is 0.481 e. The number of thioether (sulfide) groups is 1. The van der Waals surface area contributed by atoms with Crippen LogP contribution in [0.25, 0.3) is 0 Å². The maximum Gasteiger partial charge on any atom is 0.307 e. The summed E-state index contributed by atoms with van der Waals surface area (Å²) in [6.45, 7) is 4.04. The van der Waals surface area contributed by atoms with Gasteiger partial charge in [0.15, 0.2) is 0 Å². The Morgan fingerprint density at radius 3 is 2.65 bits per heavy atom. The van der Waals surface area contributed by atoms with Crippen LogP contribution in [-0.2, 0) is 9.59 Å². The van der Waals surface area contributed by atoms with Crippen molar-refractivity contribution in [2.24, 2.45) is 11.8 Å². The Morgan fingerprint density at radius 2 is 2.06 bits per heavy atom. The van der Waals surface area contributed by atoms with E-state index >= 15 is 0 Å². The molecule has 1 saturated carbocycles. The van der Waals surface area contributed by atoms with Gasteiger partial charge in [0, 0.05) is 11.8 Å². The Hall–Kier alpha value is -0.710. The number of rotatable bonds is 6. The molecule has 5 heteroatoms. The molecule has 1 rings (SSSR count). The predicted molar refractivity (Wildman–Crippen MR) is 69.1 cm³/mol. The molecule has 1 aliphatic carbocycles. The molecule has 4 nitrogen and oxygen atoms in total. The van der Waals surface area contributed by atoms with Crippen LogP contribution < -0.4 is 5.32 Å². The molecular weight excluding hydrogens is 238 g/mol. The van der Waals surface area contributed by atoms with Crippen molar-refractivity contribution in [3.05, 3.63) is 0 Å². The zero-order valence-electron chi connectivity index (χ0n) is 10.4. The Labute approximate surface area is 107 Å². The van der Waals surface area contributed by atoms with E-state index in [4.69, 9.17) is 5.11 Å². The van der Waals surface area contributed by atoms with Crippen LogP contribution in [0.3, 0.4) is 0 Å². The van der Waals surface area contributed by atoms with Crippen molar-refractivity contribution in [3.8, 4) is 0 Å². The zero-order chi connectivity index (χ0) is 12.8. The normalized spacial score (nSPS) is 25.5. The van der Waals surface area contributed by atoms with Gasteiger partial charge in [-0.15, -0.1) is 0 Å². The number of carboxylic acids is 1. The van der Waals surface area contributed by atoms with Crippen LogP contribution in [0.1, 0.15) is 33.1 Å². The number of hydrogen-bond donors (Lipinski definition) is 2. The molecule has 2 N–H and O–H groups in total. The van der Waals surface area contributed by atoms with Crippen LogP contribution in [0.15, 0.2) is 0 Å². The fraction of sp³-hybridized carbons (Fsp3) is 0.833. The molecule has 0 radical (unpaired) electrons. The van der Waals surface area contributed by atoms with Crippen molar-refractivity contribution in [1.29, 1.82) is 0 Å². The lowest BCUT2D eigenvalue weighted by Gasteiger charge is -2.19. The number of aliphatic carboxylic acids is 1. The first kappa shape index (κ1) is 14.4. The van der Waals surface area contributed by atoms with E-state index in [1.54, 1.807) is 11.8 Å². The summed E-state index contributed by atoms with van der Waals surface area (Å²) in [6.07, 6.45) is 2.18. The summed E-state index contributed by atoms with van der Waals surface area (Å²) in [7, 11) is 0. The molecule has 0 heterocycles. The summed E-state index contributed by atoms with van der Waals surface area (Å²) >= 11 is 1.78. The molecule has 0 aliphatic heterocycles. The molecule has 0 aromatic heterocycles. The highest BCUT2D eigenvalue weighted by Crippen LogP contribution is 2.32. The van der Waals surface area contributed by atoms with Gasteiger partial charge in [-0.2, -0.15) is 11.8 Å². The fourth-order valence-electron chi connectivity index (χ4n) is 2.26. The smallest absolute Gasteiger partial charge is 0.307 e. The van der Waals surface area contributed by atoms with E-state index in [0.29, 0.717) is 12.8 Å². The van der Waals surface area contributed by atoms with Crippen molar-refractivity contribution < 1.29 is 14.7 Å². The molecule has 0 bridgehead atoms. The average Bonchev–Trinajstić information content (AvgIpc) is 2.75. The molecule has 17 heavy (non-hydrogen) atoms. The van der Waals surface area contributed by atoms with E-state index in [-0.39, 0.29) is 17.9 Å². The molecule has 0 spiro atoms. The van der Waals surface area contributed by atoms with Gasteiger partial charge >= 0.3 is 5.97 Å². The van der Waals surface area contributed by atoms with Crippen LogP contribution in [0.4, 0.5) is 0 Å². The zero-order valence-corrected chi connectivity index (χ0v) is 11.3. The predicted octanol–water partition coefficient (Wildman–Crippen LogP) is 1.75. The summed E-state index contributed by atoms with van der Waals surface area (Å²) in [5.41, 5.74) is 0. The van der Waals surface area contributed by atoms with E-state index in [9.17, 15) is 9.59 Å². The van der Waals surface area contributed by atoms with Crippen LogP contribution in [0, 0.1) is 11.8 Å². The molecule has 98 valence electrons. The third kappa shape index (κ3) is 4.22. The maximum atomic E-state index is 12.0. The molecular formula is C12H21NO3S. The lowest BCUT2D eigenvalue weighted by molar-refractivity contribution is -0.146. The van der Waals surface area contributed by atoms with Crippen LogP contribution in [0.2, 0.25) is 0 Å². The van der Waals surface area contributed by atoms with Crippen molar-refractivity contribution >= 4 is 23.6 Å². The lowest BCUT2D eigenvalue weighted by atomic mass is 9.95. The summed E-state index contributed by atoms with van der Waals surface area (Å²) < 4.78 is 0. The highest BCUT2D eigenvalue weighted by molar-refractivity contribution is 7.99. The Kier molecular flexibility index (Phi) is 5.82. The second-order valence-electron chi connectivity index (χ2n) is 4.55. The summed E-state index contributed by atoms with van der Waals surface area (Å²) in [6, 6.07) is 0.113. The van der Waals surface area contributed by atoms with Crippen molar-refractivity contribution in [2.45, 2.75) is 39.2 Å². The summed E-state index contributed by atoms with van der Waals surface area (Å²) in [4.78, 5) is 22.9. The Morgan fingerprint density at radius 1 is 1.41 bits per heavy atom. The van der Waals surface area contributed by atoms with E-state index in [1.807, 2.05) is 6.92 Å². The third-order valence-corrected chi connectivity index (χ3v) is 4.27. The van der Waals surface area contributed by atoms with E-state index in [1.165, 1.54) is 0 Å². The minimum atomic E-state index is -0.835. The lowest BCUT2D eigenvalue weighted by Crippen LogP contribution is -2.41. The van der Waals surface area contributed by atoms with Gasteiger partial charge in [-0.05, 0) is 25.5 Å². The molecule has 0 aromatic rings. The maximum absolute atomic E-state index is 12.0. The standard InChI is InChI=1S/C12H21NO3S/c1-3-17-7-8(2)13-11(14)9-5-4-6-10(9)12(15)16/h8-10H,3-7H2,1-2H3,(H,13,14)(H,15,16)/t8?,9-,10+/m1/s1. The highest BCUT2D eigenvalue weighted by Gasteiger charge is 2.37. The average molecular weight is 259 g/mol. The number of carbonyl (C=O) groups excluding carboxylic acids is 1. The molecule has 0 aromatic carbocycles. The van der Waals surface area contributed by atoms with E-state index in [2.05, 4.69) is 12.2 Å². The monoisotopic (exact) mass is 259 g/mol. The SMILES string of the molecule is CCSCC(C)NC(=O)[C@@H]1CCC[C@@H]1C(=O)O. The van der Waals surface area contributed by atoms with Gasteiger partial charge < -0.3 is 10.4 Å². The first-order valence-electron chi connectivity index (χ1n) is 6.17. The third-order valence-electron chi connectivity index (χ3n) is 3.13. The van der Waals surface area contributed by atoms with Gasteiger partial charge in [-0.3, -0.25) is 9.59 Å². The Balaban J connectivity index is 2.43. The number of nitrogens with one attached hydrogen (secondary N) is 1. The summed E-state index contributed by atoms with van der Waals surface area (Å²) in [5, 5.41) is 11.9. The highest BCUT2D eigenvalue weighted by atomic mass is 32.2. The molecule has 1 fully saturated rings. The van der Waals surface area contributed by atoms with E-state index < -0.39 is 11.9 Å². The number of carbonyl (C=O) groups is 2. The van der Waals surface area contributed by atoms with Gasteiger partial charge in [-0.25, -0.2) is 0 Å². The first-order valence-corrected chi connectivity index (χ1v) is 7.32. The Bertz CT molecular complexity index is 283. The van der Waals surface area contributed by atoms with Crippen molar-refractivity contribution in [3.63, 3.8) is 0 Å². The number of hydrogen-bond acceptors (Lipinski definition) is 3. The minimum absolute atomic E-state index is 0.0842. The molecule has 1 aliphatic rings. The van der Waals surface area contributed by atoms with Gasteiger partial charge in [0.1, 0.15) is 0 Å². The molecule has 3 atom stereocenters. The summed E-state index contributed by atoms with van der Waals surface area (Å²) in [5.74, 6) is 0.175. The fourth-order valence-corrected chi connectivity index (χ4v) is 2.93. The van der Waals surface area contributed by atoms with Crippen molar-refractivity contribution in [1.82, 2.24) is 5.32 Å². The molecule has 1 amide bonds. The van der Waals surface area contributed by atoms with Gasteiger partial charge in [-0.1, -0.05) is 13.3 Å². The number of carboxylic acid groups (broad SMARTS) is 1.